The number of rotatable bonds is 11. The second-order valence-corrected chi connectivity index (χ2v) is 8.55. The maximum Gasteiger partial charge on any atom is 0.320 e. The summed E-state index contributed by atoms with van der Waals surface area (Å²) < 4.78 is 17.0. The second-order valence-electron chi connectivity index (χ2n) is 8.55. The van der Waals surface area contributed by atoms with Gasteiger partial charge in [-0.05, 0) is 74.0 Å². The molecule has 35 heavy (non-hydrogen) atoms. The lowest BCUT2D eigenvalue weighted by Crippen LogP contribution is -2.29. The van der Waals surface area contributed by atoms with Crippen molar-refractivity contribution in [1.82, 2.24) is 5.32 Å². The maximum absolute atomic E-state index is 13.2. The van der Waals surface area contributed by atoms with E-state index in [2.05, 4.69) is 10.6 Å². The second kappa shape index (κ2) is 11.9. The Morgan fingerprint density at radius 3 is 2.51 bits per heavy atom. The summed E-state index contributed by atoms with van der Waals surface area (Å²) in [5, 5.41) is 15.5. The summed E-state index contributed by atoms with van der Waals surface area (Å²) in [6.07, 6.45) is 3.31. The summed E-state index contributed by atoms with van der Waals surface area (Å²) in [6.45, 7) is 0.538. The number of carboxylic acid groups (broad SMARTS) is 1. The van der Waals surface area contributed by atoms with Gasteiger partial charge in [0.05, 0.1) is 27.0 Å². The summed E-state index contributed by atoms with van der Waals surface area (Å²) >= 11 is 0. The number of nitrogens with two attached hydrogens (primary N) is 1. The van der Waals surface area contributed by atoms with E-state index in [1.54, 1.807) is 33.5 Å². The maximum atomic E-state index is 13.2. The van der Waals surface area contributed by atoms with Crippen LogP contribution in [0.15, 0.2) is 29.1 Å². The first-order valence-corrected chi connectivity index (χ1v) is 11.8. The van der Waals surface area contributed by atoms with Gasteiger partial charge in [-0.2, -0.15) is 0 Å². The van der Waals surface area contributed by atoms with Crippen LogP contribution < -0.4 is 36.0 Å². The van der Waals surface area contributed by atoms with Crippen LogP contribution in [0.2, 0.25) is 0 Å². The number of aliphatic carboxylic acids is 1. The van der Waals surface area contributed by atoms with Gasteiger partial charge in [0, 0.05) is 18.2 Å². The number of nitrogens with one attached hydrogen (secondary N) is 2. The van der Waals surface area contributed by atoms with Crippen molar-refractivity contribution in [2.75, 3.05) is 40.2 Å². The lowest BCUT2D eigenvalue weighted by molar-refractivity contribution is -0.138. The molecular formula is C26H35N3O6. The van der Waals surface area contributed by atoms with Crippen LogP contribution in [-0.2, 0) is 11.2 Å². The molecule has 0 saturated heterocycles. The standard InChI is InChI=1S/C26H35N3O6/c1-28-19-10-8-15-13-22(33-2)24(34-3)25(35-4)23(15)16-9-11-20(21(30)14-17(16)19)29-12-6-5-7-18(27)26(31)32/h9,11,13-14,18-19,28H,5-8,10,12,27H2,1-4H3,(H,29,30)(H,31,32)/t18?,19-/m0/s1. The van der Waals surface area contributed by atoms with Crippen LogP contribution in [0.3, 0.4) is 0 Å². The van der Waals surface area contributed by atoms with Gasteiger partial charge in [-0.1, -0.05) is 6.07 Å². The number of methoxy groups -OCH3 is 3. The van der Waals surface area contributed by atoms with Gasteiger partial charge in [0.2, 0.25) is 11.2 Å². The fraction of sp³-hybridized carbons (Fsp3) is 0.462. The molecule has 9 nitrogen and oxygen atoms in total. The lowest BCUT2D eigenvalue weighted by atomic mass is 9.95. The zero-order valence-corrected chi connectivity index (χ0v) is 20.8. The Morgan fingerprint density at radius 1 is 1.14 bits per heavy atom. The van der Waals surface area contributed by atoms with Gasteiger partial charge in [0.1, 0.15) is 6.04 Å². The molecule has 9 heteroatoms. The van der Waals surface area contributed by atoms with Crippen molar-refractivity contribution < 1.29 is 24.1 Å². The van der Waals surface area contributed by atoms with Crippen molar-refractivity contribution in [3.63, 3.8) is 0 Å². The monoisotopic (exact) mass is 485 g/mol. The number of hydrogen-bond acceptors (Lipinski definition) is 8. The molecule has 0 radical (unpaired) electrons. The van der Waals surface area contributed by atoms with Crippen LogP contribution in [-0.4, -0.2) is 52.0 Å². The van der Waals surface area contributed by atoms with Crippen LogP contribution in [0.5, 0.6) is 17.2 Å². The Bertz CT molecular complexity index is 1120. The number of ether oxygens (including phenoxy) is 3. The molecule has 2 aromatic carbocycles. The minimum absolute atomic E-state index is 0.0236. The van der Waals surface area contributed by atoms with Crippen LogP contribution in [0.4, 0.5) is 5.69 Å². The first-order valence-electron chi connectivity index (χ1n) is 11.8. The fourth-order valence-corrected chi connectivity index (χ4v) is 4.59. The Morgan fingerprint density at radius 2 is 1.89 bits per heavy atom. The summed E-state index contributed by atoms with van der Waals surface area (Å²) in [5.74, 6) is 0.681. The number of hydrogen-bond donors (Lipinski definition) is 4. The molecule has 2 atom stereocenters. The number of carboxylic acids is 1. The van der Waals surface area contributed by atoms with Gasteiger partial charge < -0.3 is 35.7 Å². The smallest absolute Gasteiger partial charge is 0.320 e. The number of unbranched alkanes of at least 4 members (excludes halogenated alkanes) is 1. The summed E-state index contributed by atoms with van der Waals surface area (Å²) in [4.78, 5) is 24.0. The third-order valence-electron chi connectivity index (χ3n) is 6.46. The third-order valence-corrected chi connectivity index (χ3v) is 6.46. The van der Waals surface area contributed by atoms with Gasteiger partial charge in [0.25, 0.3) is 0 Å². The third kappa shape index (κ3) is 5.68. The van der Waals surface area contributed by atoms with Crippen molar-refractivity contribution >= 4 is 11.7 Å². The SMILES string of the molecule is CN[C@H]1CCc2cc(OC)c(OC)c(OC)c2-c2ccc(NCCCCC(N)C(=O)O)c(=O)cc21. The van der Waals surface area contributed by atoms with E-state index in [-0.39, 0.29) is 11.5 Å². The molecule has 1 aliphatic carbocycles. The van der Waals surface area contributed by atoms with Crippen LogP contribution in [0.1, 0.15) is 42.9 Å². The fourth-order valence-electron chi connectivity index (χ4n) is 4.59. The van der Waals surface area contributed by atoms with Gasteiger partial charge in [0.15, 0.2) is 11.5 Å². The molecule has 0 bridgehead atoms. The molecule has 0 amide bonds. The average molecular weight is 486 g/mol. The van der Waals surface area contributed by atoms with Crippen LogP contribution in [0.25, 0.3) is 11.1 Å². The lowest BCUT2D eigenvalue weighted by Gasteiger charge is -2.19. The van der Waals surface area contributed by atoms with E-state index in [9.17, 15) is 9.59 Å². The van der Waals surface area contributed by atoms with Crippen molar-refractivity contribution in [2.24, 2.45) is 5.73 Å². The predicted octanol–water partition coefficient (Wildman–Crippen LogP) is 2.94. The highest BCUT2D eigenvalue weighted by Gasteiger charge is 2.28. The molecule has 5 N–H and O–H groups in total. The summed E-state index contributed by atoms with van der Waals surface area (Å²) in [7, 11) is 6.67. The number of benzene rings is 1. The van der Waals surface area contributed by atoms with Crippen LogP contribution in [0, 0.1) is 0 Å². The Balaban J connectivity index is 2.01. The highest BCUT2D eigenvalue weighted by molar-refractivity contribution is 5.83. The largest absolute Gasteiger partial charge is 0.493 e. The van der Waals surface area contributed by atoms with E-state index >= 15 is 0 Å². The van der Waals surface area contributed by atoms with E-state index in [0.29, 0.717) is 48.7 Å². The van der Waals surface area contributed by atoms with E-state index < -0.39 is 12.0 Å². The highest BCUT2D eigenvalue weighted by Crippen LogP contribution is 2.50. The molecule has 0 spiro atoms. The molecule has 0 aliphatic heterocycles. The minimum Gasteiger partial charge on any atom is -0.493 e. The van der Waals surface area contributed by atoms with Crippen molar-refractivity contribution in [3.8, 4) is 28.4 Å². The molecule has 0 fully saturated rings. The first kappa shape index (κ1) is 26.3. The molecule has 0 aromatic heterocycles. The zero-order chi connectivity index (χ0) is 25.5. The number of anilines is 1. The Labute approximate surface area is 205 Å². The van der Waals surface area contributed by atoms with Crippen molar-refractivity contribution in [1.29, 1.82) is 0 Å². The molecule has 3 rings (SSSR count). The Kier molecular flexibility index (Phi) is 8.95. The summed E-state index contributed by atoms with van der Waals surface area (Å²) in [6, 6.07) is 6.52. The molecule has 190 valence electrons. The van der Waals surface area contributed by atoms with E-state index in [1.807, 2.05) is 19.2 Å². The van der Waals surface area contributed by atoms with Crippen LogP contribution >= 0.6 is 0 Å². The average Bonchev–Trinajstić information content (AvgIpc) is 3.10. The molecule has 1 unspecified atom stereocenters. The first-order chi connectivity index (χ1) is 16.9. The number of fused-ring (bicyclic) bond motifs is 3. The molecule has 1 aliphatic rings. The molecule has 0 saturated carbocycles. The van der Waals surface area contributed by atoms with Gasteiger partial charge in [-0.15, -0.1) is 0 Å². The zero-order valence-electron chi connectivity index (χ0n) is 20.8. The van der Waals surface area contributed by atoms with Crippen molar-refractivity contribution in [2.45, 2.75) is 44.2 Å². The summed E-state index contributed by atoms with van der Waals surface area (Å²) in [5.41, 5.74) is 9.66. The normalized spacial score (nSPS) is 15.3. The number of aryl methyl sites for hydroxylation is 1. The van der Waals surface area contributed by atoms with Crippen molar-refractivity contribution in [3.05, 3.63) is 45.6 Å². The van der Waals surface area contributed by atoms with Gasteiger partial charge >= 0.3 is 5.97 Å². The van der Waals surface area contributed by atoms with Gasteiger partial charge in [-0.3, -0.25) is 9.59 Å². The molecule has 0 heterocycles. The topological polar surface area (TPSA) is 132 Å². The van der Waals surface area contributed by atoms with Gasteiger partial charge in [-0.25, -0.2) is 0 Å². The van der Waals surface area contributed by atoms with E-state index in [1.165, 1.54) is 0 Å². The molecule has 2 aromatic rings. The molecular weight excluding hydrogens is 450 g/mol. The quantitative estimate of drug-likeness (QED) is 0.355. The predicted molar refractivity (Wildman–Crippen MR) is 136 cm³/mol. The van der Waals surface area contributed by atoms with E-state index in [0.717, 1.165) is 35.1 Å². The van der Waals surface area contributed by atoms with E-state index in [4.69, 9.17) is 25.1 Å². The Hall–Kier alpha value is -3.30. The number of carbonyl (C=O) groups is 1. The minimum atomic E-state index is -1.000. The highest BCUT2D eigenvalue weighted by atomic mass is 16.5.